The number of benzene rings is 2. The molecule has 0 radical (unpaired) electrons. The second-order valence-corrected chi connectivity index (χ2v) is 7.58. The molecule has 26 heavy (non-hydrogen) atoms. The first-order valence-electron chi connectivity index (χ1n) is 7.87. The molecule has 1 aromatic heterocycles. The molecule has 2 N–H and O–H groups in total. The molecule has 0 fully saturated rings. The number of para-hydroxylation sites is 1. The van der Waals surface area contributed by atoms with E-state index < -0.39 is 0 Å². The Morgan fingerprint density at radius 2 is 2.04 bits per heavy atom. The normalized spacial score (nSPS) is 10.4. The summed E-state index contributed by atoms with van der Waals surface area (Å²) in [7, 11) is 1.63. The Labute approximate surface area is 160 Å². The summed E-state index contributed by atoms with van der Waals surface area (Å²) in [6.07, 6.45) is 0. The summed E-state index contributed by atoms with van der Waals surface area (Å²) >= 11 is 2.76. The quantitative estimate of drug-likeness (QED) is 0.589. The first-order valence-corrected chi connectivity index (χ1v) is 9.67. The molecule has 8 heteroatoms. The van der Waals surface area contributed by atoms with Gasteiger partial charge in [0.2, 0.25) is 11.0 Å². The summed E-state index contributed by atoms with van der Waals surface area (Å²) in [5.41, 5.74) is 2.73. The van der Waals surface area contributed by atoms with E-state index in [1.165, 1.54) is 23.1 Å². The molecule has 1 amide bonds. The molecule has 0 saturated heterocycles. The van der Waals surface area contributed by atoms with E-state index in [9.17, 15) is 4.79 Å². The molecule has 0 unspecified atom stereocenters. The van der Waals surface area contributed by atoms with Crippen molar-refractivity contribution in [1.82, 2.24) is 10.2 Å². The summed E-state index contributed by atoms with van der Waals surface area (Å²) in [5, 5.41) is 15.0. The predicted molar refractivity (Wildman–Crippen MR) is 107 cm³/mol. The number of carbonyl (C=O) groups is 1. The van der Waals surface area contributed by atoms with Gasteiger partial charge in [0.05, 0.1) is 12.9 Å². The number of thioether (sulfide) groups is 1. The molecular formula is C18H18N4O2S2. The summed E-state index contributed by atoms with van der Waals surface area (Å²) in [6, 6.07) is 15.3. The van der Waals surface area contributed by atoms with Gasteiger partial charge in [-0.2, -0.15) is 0 Å². The minimum Gasteiger partial charge on any atom is -0.497 e. The Balaban J connectivity index is 1.53. The van der Waals surface area contributed by atoms with Crippen molar-refractivity contribution in [2.75, 3.05) is 23.5 Å². The number of ether oxygens (including phenoxy) is 1. The molecule has 0 aliphatic rings. The highest BCUT2D eigenvalue weighted by Crippen LogP contribution is 2.28. The van der Waals surface area contributed by atoms with Gasteiger partial charge in [-0.1, -0.05) is 47.4 Å². The van der Waals surface area contributed by atoms with Crippen LogP contribution >= 0.6 is 23.1 Å². The number of aromatic nitrogens is 2. The van der Waals surface area contributed by atoms with Gasteiger partial charge in [-0.25, -0.2) is 0 Å². The van der Waals surface area contributed by atoms with Gasteiger partial charge < -0.3 is 15.4 Å². The highest BCUT2D eigenvalue weighted by molar-refractivity contribution is 8.01. The minimum absolute atomic E-state index is 0.0678. The molecule has 0 aliphatic heterocycles. The van der Waals surface area contributed by atoms with E-state index in [2.05, 4.69) is 20.8 Å². The molecule has 0 saturated carbocycles. The fourth-order valence-electron chi connectivity index (χ4n) is 2.17. The molecule has 3 rings (SSSR count). The van der Waals surface area contributed by atoms with Crippen molar-refractivity contribution in [1.29, 1.82) is 0 Å². The Bertz CT molecular complexity index is 898. The van der Waals surface area contributed by atoms with Crippen molar-refractivity contribution < 1.29 is 9.53 Å². The average molecular weight is 387 g/mol. The third-order valence-electron chi connectivity index (χ3n) is 3.47. The van der Waals surface area contributed by atoms with E-state index in [0.29, 0.717) is 5.13 Å². The van der Waals surface area contributed by atoms with Crippen LogP contribution in [0.2, 0.25) is 0 Å². The summed E-state index contributed by atoms with van der Waals surface area (Å²) in [5.74, 6) is 0.978. The number of nitrogens with one attached hydrogen (secondary N) is 2. The minimum atomic E-state index is -0.0678. The van der Waals surface area contributed by atoms with E-state index >= 15 is 0 Å². The number of rotatable bonds is 7. The van der Waals surface area contributed by atoms with Crippen LogP contribution in [0.1, 0.15) is 5.56 Å². The molecule has 6 nitrogen and oxygen atoms in total. The van der Waals surface area contributed by atoms with Gasteiger partial charge in [0, 0.05) is 17.4 Å². The van der Waals surface area contributed by atoms with Crippen molar-refractivity contribution in [3.63, 3.8) is 0 Å². The zero-order valence-electron chi connectivity index (χ0n) is 14.4. The molecule has 0 aliphatic carbocycles. The third-order valence-corrected chi connectivity index (χ3v) is 5.45. The topological polar surface area (TPSA) is 76.1 Å². The molecule has 134 valence electrons. The van der Waals surface area contributed by atoms with E-state index in [4.69, 9.17) is 4.74 Å². The van der Waals surface area contributed by atoms with Crippen LogP contribution in [0.25, 0.3) is 0 Å². The second kappa shape index (κ2) is 8.68. The summed E-state index contributed by atoms with van der Waals surface area (Å²) < 4.78 is 5.93. The molecule has 2 aromatic carbocycles. The van der Waals surface area contributed by atoms with Gasteiger partial charge in [0.25, 0.3) is 0 Å². The first kappa shape index (κ1) is 18.2. The van der Waals surface area contributed by atoms with E-state index in [1.807, 2.05) is 55.5 Å². The Morgan fingerprint density at radius 3 is 2.85 bits per heavy atom. The average Bonchev–Trinajstić information content (AvgIpc) is 3.09. The molecule has 0 atom stereocenters. The lowest BCUT2D eigenvalue weighted by Crippen LogP contribution is -2.14. The first-order chi connectivity index (χ1) is 12.6. The Hall–Kier alpha value is -2.58. The van der Waals surface area contributed by atoms with Gasteiger partial charge in [-0.3, -0.25) is 4.79 Å². The number of anilines is 3. The fourth-order valence-corrected chi connectivity index (χ4v) is 3.74. The molecule has 0 spiro atoms. The van der Waals surface area contributed by atoms with Gasteiger partial charge >= 0.3 is 0 Å². The lowest BCUT2D eigenvalue weighted by Gasteiger charge is -2.06. The maximum Gasteiger partial charge on any atom is 0.234 e. The lowest BCUT2D eigenvalue weighted by atomic mass is 10.2. The number of methoxy groups -OCH3 is 1. The van der Waals surface area contributed by atoms with Gasteiger partial charge in [0.15, 0.2) is 4.34 Å². The Morgan fingerprint density at radius 1 is 1.19 bits per heavy atom. The number of hydrogen-bond donors (Lipinski definition) is 2. The summed E-state index contributed by atoms with van der Waals surface area (Å²) in [4.78, 5) is 12.1. The van der Waals surface area contributed by atoms with E-state index in [1.54, 1.807) is 7.11 Å². The number of aryl methyl sites for hydroxylation is 1. The van der Waals surface area contributed by atoms with Gasteiger partial charge in [0.1, 0.15) is 5.75 Å². The SMILES string of the molecule is COc1cccc(Nc2nnc(SCC(=O)Nc3ccccc3C)s2)c1. The van der Waals surface area contributed by atoms with E-state index in [0.717, 1.165) is 27.0 Å². The lowest BCUT2D eigenvalue weighted by molar-refractivity contribution is -0.113. The van der Waals surface area contributed by atoms with Gasteiger partial charge in [-0.15, -0.1) is 10.2 Å². The van der Waals surface area contributed by atoms with Crippen LogP contribution in [0.5, 0.6) is 5.75 Å². The monoisotopic (exact) mass is 386 g/mol. The zero-order valence-corrected chi connectivity index (χ0v) is 16.0. The number of nitrogens with zero attached hydrogens (tertiary/aromatic N) is 2. The highest BCUT2D eigenvalue weighted by atomic mass is 32.2. The number of carbonyl (C=O) groups excluding carboxylic acids is 1. The third kappa shape index (κ3) is 4.96. The molecule has 1 heterocycles. The maximum absolute atomic E-state index is 12.1. The van der Waals surface area contributed by atoms with Crippen molar-refractivity contribution in [3.05, 3.63) is 54.1 Å². The maximum atomic E-state index is 12.1. The van der Waals surface area contributed by atoms with Crippen molar-refractivity contribution in [2.24, 2.45) is 0 Å². The van der Waals surface area contributed by atoms with Crippen molar-refractivity contribution in [3.8, 4) is 5.75 Å². The highest BCUT2D eigenvalue weighted by Gasteiger charge is 2.10. The van der Waals surface area contributed by atoms with Crippen molar-refractivity contribution in [2.45, 2.75) is 11.3 Å². The zero-order chi connectivity index (χ0) is 18.4. The van der Waals surface area contributed by atoms with E-state index in [-0.39, 0.29) is 11.7 Å². The van der Waals surface area contributed by atoms with Crippen LogP contribution in [0.3, 0.4) is 0 Å². The number of amides is 1. The summed E-state index contributed by atoms with van der Waals surface area (Å²) in [6.45, 7) is 1.96. The van der Waals surface area contributed by atoms with Gasteiger partial charge in [-0.05, 0) is 30.7 Å². The Kier molecular flexibility index (Phi) is 6.08. The predicted octanol–water partition coefficient (Wildman–Crippen LogP) is 4.33. The standard InChI is InChI=1S/C18H18N4O2S2/c1-12-6-3-4-9-15(12)20-16(23)11-25-18-22-21-17(26-18)19-13-7-5-8-14(10-13)24-2/h3-10H,11H2,1-2H3,(H,19,21)(H,20,23). The molecular weight excluding hydrogens is 368 g/mol. The van der Waals surface area contributed by atoms with Crippen LogP contribution in [-0.4, -0.2) is 29.0 Å². The van der Waals surface area contributed by atoms with Crippen LogP contribution in [-0.2, 0) is 4.79 Å². The second-order valence-electron chi connectivity index (χ2n) is 5.38. The smallest absolute Gasteiger partial charge is 0.234 e. The largest absolute Gasteiger partial charge is 0.497 e. The fraction of sp³-hybridized carbons (Fsp3) is 0.167. The van der Waals surface area contributed by atoms with Crippen LogP contribution < -0.4 is 15.4 Å². The molecule has 0 bridgehead atoms. The van der Waals surface area contributed by atoms with Crippen LogP contribution in [0.4, 0.5) is 16.5 Å². The molecule has 3 aromatic rings. The number of hydrogen-bond acceptors (Lipinski definition) is 7. The van der Waals surface area contributed by atoms with Crippen molar-refractivity contribution >= 4 is 45.5 Å². The van der Waals surface area contributed by atoms with Crippen LogP contribution in [0.15, 0.2) is 52.9 Å². The van der Waals surface area contributed by atoms with Crippen LogP contribution in [0, 0.1) is 6.92 Å².